The van der Waals surface area contributed by atoms with E-state index in [1.54, 1.807) is 11.5 Å². The molecule has 0 bridgehead atoms. The van der Waals surface area contributed by atoms with Crippen molar-refractivity contribution >= 4 is 16.9 Å². The van der Waals surface area contributed by atoms with Crippen molar-refractivity contribution < 1.29 is 13.6 Å². The molecule has 2 aromatic rings. The predicted octanol–water partition coefficient (Wildman–Crippen LogP) is 2.63. The van der Waals surface area contributed by atoms with Crippen LogP contribution in [0.1, 0.15) is 25.1 Å². The number of likely N-dealkylation sites (tertiary alicyclic amines) is 1. The molecule has 1 unspecified atom stereocenters. The number of aryl methyl sites for hydroxylation is 1. The van der Waals surface area contributed by atoms with E-state index in [2.05, 4.69) is 4.98 Å². The molecule has 1 aliphatic heterocycles. The summed E-state index contributed by atoms with van der Waals surface area (Å²) in [7, 11) is 0. The van der Waals surface area contributed by atoms with Gasteiger partial charge in [-0.25, -0.2) is 13.8 Å². The monoisotopic (exact) mass is 305 g/mol. The van der Waals surface area contributed by atoms with Gasteiger partial charge in [0.25, 0.3) is 0 Å². The van der Waals surface area contributed by atoms with Crippen molar-refractivity contribution in [2.24, 2.45) is 5.92 Å². The highest BCUT2D eigenvalue weighted by Gasteiger charge is 2.42. The third-order valence-electron chi connectivity index (χ3n) is 4.83. The van der Waals surface area contributed by atoms with Gasteiger partial charge in [0.2, 0.25) is 5.91 Å². The summed E-state index contributed by atoms with van der Waals surface area (Å²) in [6, 6.07) is 2.58. The van der Waals surface area contributed by atoms with E-state index in [1.807, 2.05) is 4.90 Å². The summed E-state index contributed by atoms with van der Waals surface area (Å²) in [5.41, 5.74) is 0.847. The van der Waals surface area contributed by atoms with Crippen LogP contribution in [0.25, 0.3) is 11.0 Å². The van der Waals surface area contributed by atoms with Crippen molar-refractivity contribution in [3.63, 3.8) is 0 Å². The Kier molecular flexibility index (Phi) is 2.96. The normalized spacial score (nSPS) is 21.2. The molecule has 2 fully saturated rings. The standard InChI is InChI=1S/C16H17F2N3O/c1-9-19-13-6-11(17)12(18)7-15(13)21(9)8-16(22)20-5-4-14(20)10-2-3-10/h6-7,10,14H,2-5,8H2,1H3. The van der Waals surface area contributed by atoms with Crippen LogP contribution in [0.15, 0.2) is 12.1 Å². The first-order valence-electron chi connectivity index (χ1n) is 7.66. The maximum atomic E-state index is 13.5. The summed E-state index contributed by atoms with van der Waals surface area (Å²) >= 11 is 0. The van der Waals surface area contributed by atoms with Gasteiger partial charge in [0, 0.05) is 24.7 Å². The lowest BCUT2D eigenvalue weighted by Crippen LogP contribution is -2.53. The molecule has 116 valence electrons. The number of benzene rings is 1. The molecule has 1 aromatic heterocycles. The van der Waals surface area contributed by atoms with Crippen LogP contribution in [0.2, 0.25) is 0 Å². The van der Waals surface area contributed by atoms with E-state index in [0.717, 1.165) is 25.1 Å². The summed E-state index contributed by atoms with van der Waals surface area (Å²) < 4.78 is 28.4. The maximum Gasteiger partial charge on any atom is 0.242 e. The minimum Gasteiger partial charge on any atom is -0.338 e. The second kappa shape index (κ2) is 4.76. The summed E-state index contributed by atoms with van der Waals surface area (Å²) in [6.07, 6.45) is 3.51. The molecule has 0 N–H and O–H groups in total. The van der Waals surface area contributed by atoms with E-state index in [9.17, 15) is 13.6 Å². The van der Waals surface area contributed by atoms with Crippen LogP contribution in [0.4, 0.5) is 8.78 Å². The van der Waals surface area contributed by atoms with Crippen LogP contribution < -0.4 is 0 Å². The highest BCUT2D eigenvalue weighted by molar-refractivity contribution is 5.82. The van der Waals surface area contributed by atoms with Crippen molar-refractivity contribution in [1.82, 2.24) is 14.5 Å². The Hall–Kier alpha value is -1.98. The predicted molar refractivity (Wildman–Crippen MR) is 77.2 cm³/mol. The number of nitrogens with zero attached hydrogens (tertiary/aromatic N) is 3. The number of hydrogen-bond donors (Lipinski definition) is 0. The van der Waals surface area contributed by atoms with Crippen LogP contribution in [0.3, 0.4) is 0 Å². The molecule has 2 heterocycles. The number of aromatic nitrogens is 2. The second-order valence-electron chi connectivity index (χ2n) is 6.28. The fraction of sp³-hybridized carbons (Fsp3) is 0.500. The van der Waals surface area contributed by atoms with Crippen LogP contribution in [0, 0.1) is 24.5 Å². The Labute approximate surface area is 126 Å². The van der Waals surface area contributed by atoms with Gasteiger partial charge < -0.3 is 9.47 Å². The zero-order valence-electron chi connectivity index (χ0n) is 12.4. The van der Waals surface area contributed by atoms with E-state index in [4.69, 9.17) is 0 Å². The van der Waals surface area contributed by atoms with Gasteiger partial charge in [0.05, 0.1) is 11.0 Å². The second-order valence-corrected chi connectivity index (χ2v) is 6.28. The van der Waals surface area contributed by atoms with E-state index in [0.29, 0.717) is 28.8 Å². The van der Waals surface area contributed by atoms with Crippen LogP contribution >= 0.6 is 0 Å². The molecule has 4 nitrogen and oxygen atoms in total. The molecule has 4 rings (SSSR count). The number of rotatable bonds is 3. The average Bonchev–Trinajstić information content (AvgIpc) is 3.18. The Balaban J connectivity index is 1.62. The molecular formula is C16H17F2N3O. The van der Waals surface area contributed by atoms with Gasteiger partial charge in [-0.3, -0.25) is 4.79 Å². The Morgan fingerprint density at radius 1 is 1.27 bits per heavy atom. The summed E-state index contributed by atoms with van der Waals surface area (Å²) in [5, 5.41) is 0. The van der Waals surface area contributed by atoms with Gasteiger partial charge in [-0.15, -0.1) is 0 Å². The first-order chi connectivity index (χ1) is 10.5. The Morgan fingerprint density at radius 3 is 2.64 bits per heavy atom. The fourth-order valence-electron chi connectivity index (χ4n) is 3.35. The molecule has 0 radical (unpaired) electrons. The van der Waals surface area contributed by atoms with Crippen LogP contribution in [-0.2, 0) is 11.3 Å². The van der Waals surface area contributed by atoms with E-state index >= 15 is 0 Å². The van der Waals surface area contributed by atoms with Gasteiger partial charge in [0.1, 0.15) is 12.4 Å². The molecule has 1 amide bonds. The number of halogens is 2. The highest BCUT2D eigenvalue weighted by atomic mass is 19.2. The third kappa shape index (κ3) is 2.09. The van der Waals surface area contributed by atoms with Crippen molar-refractivity contribution in [2.75, 3.05) is 6.54 Å². The SMILES string of the molecule is Cc1nc2cc(F)c(F)cc2n1CC(=O)N1CCC1C1CC1. The molecule has 1 aromatic carbocycles. The van der Waals surface area contributed by atoms with Crippen molar-refractivity contribution in [2.45, 2.75) is 38.8 Å². The molecule has 22 heavy (non-hydrogen) atoms. The lowest BCUT2D eigenvalue weighted by Gasteiger charge is -2.41. The Bertz CT molecular complexity index is 766. The number of imidazole rings is 1. The van der Waals surface area contributed by atoms with E-state index in [-0.39, 0.29) is 12.5 Å². The van der Waals surface area contributed by atoms with Gasteiger partial charge in [-0.05, 0) is 32.1 Å². The molecule has 2 aliphatic rings. The zero-order valence-corrected chi connectivity index (χ0v) is 12.4. The van der Waals surface area contributed by atoms with E-state index < -0.39 is 11.6 Å². The van der Waals surface area contributed by atoms with Gasteiger partial charge >= 0.3 is 0 Å². The van der Waals surface area contributed by atoms with Crippen molar-refractivity contribution in [1.29, 1.82) is 0 Å². The number of fused-ring (bicyclic) bond motifs is 1. The van der Waals surface area contributed by atoms with Crippen molar-refractivity contribution in [3.05, 3.63) is 29.6 Å². The highest BCUT2D eigenvalue weighted by Crippen LogP contribution is 2.41. The van der Waals surface area contributed by atoms with Gasteiger partial charge in [-0.2, -0.15) is 0 Å². The molecule has 1 saturated carbocycles. The molecule has 0 spiro atoms. The number of amides is 1. The number of carbonyl (C=O) groups excluding carboxylic acids is 1. The summed E-state index contributed by atoms with van der Waals surface area (Å²) in [6.45, 7) is 2.68. The van der Waals surface area contributed by atoms with Crippen molar-refractivity contribution in [3.8, 4) is 0 Å². The minimum atomic E-state index is -0.917. The molecule has 1 saturated heterocycles. The number of hydrogen-bond acceptors (Lipinski definition) is 2. The zero-order chi connectivity index (χ0) is 15.4. The average molecular weight is 305 g/mol. The van der Waals surface area contributed by atoms with E-state index in [1.165, 1.54) is 12.8 Å². The first-order valence-corrected chi connectivity index (χ1v) is 7.66. The fourth-order valence-corrected chi connectivity index (χ4v) is 3.35. The molecule has 6 heteroatoms. The first kappa shape index (κ1) is 13.7. The lowest BCUT2D eigenvalue weighted by atomic mass is 9.98. The minimum absolute atomic E-state index is 0.0373. The molecule has 1 aliphatic carbocycles. The largest absolute Gasteiger partial charge is 0.338 e. The number of carbonyl (C=O) groups is 1. The summed E-state index contributed by atoms with van der Waals surface area (Å²) in [5.74, 6) is -0.530. The lowest BCUT2D eigenvalue weighted by molar-refractivity contribution is -0.140. The van der Waals surface area contributed by atoms with Crippen LogP contribution in [-0.4, -0.2) is 32.9 Å². The summed E-state index contributed by atoms with van der Waals surface area (Å²) in [4.78, 5) is 18.6. The molecule has 1 atom stereocenters. The maximum absolute atomic E-state index is 13.5. The topological polar surface area (TPSA) is 38.1 Å². The molecular weight excluding hydrogens is 288 g/mol. The Morgan fingerprint density at radius 2 is 2.00 bits per heavy atom. The van der Waals surface area contributed by atoms with Gasteiger partial charge in [-0.1, -0.05) is 0 Å². The van der Waals surface area contributed by atoms with Gasteiger partial charge in [0.15, 0.2) is 11.6 Å². The quantitative estimate of drug-likeness (QED) is 0.874. The smallest absolute Gasteiger partial charge is 0.242 e. The third-order valence-corrected chi connectivity index (χ3v) is 4.83. The van der Waals surface area contributed by atoms with Crippen LogP contribution in [0.5, 0.6) is 0 Å².